The molecule has 86 valence electrons. The van der Waals surface area contributed by atoms with Gasteiger partial charge in [-0.2, -0.15) is 0 Å². The number of piperidine rings is 1. The van der Waals surface area contributed by atoms with Gasteiger partial charge in [0.25, 0.3) is 0 Å². The maximum absolute atomic E-state index is 11.2. The van der Waals surface area contributed by atoms with Gasteiger partial charge in [0.05, 0.1) is 10.7 Å². The molecule has 2 rings (SSSR count). The summed E-state index contributed by atoms with van der Waals surface area (Å²) in [4.78, 5) is 13.3. The number of anilines is 1. The quantitative estimate of drug-likeness (QED) is 0.863. The Labute approximate surface area is 99.6 Å². The van der Waals surface area contributed by atoms with Crippen LogP contribution in [0.1, 0.15) is 29.6 Å². The van der Waals surface area contributed by atoms with Crippen LogP contribution in [0.15, 0.2) is 18.2 Å². The van der Waals surface area contributed by atoms with Gasteiger partial charge >= 0.3 is 5.97 Å². The zero-order valence-electron chi connectivity index (χ0n) is 8.95. The summed E-state index contributed by atoms with van der Waals surface area (Å²) in [5, 5.41) is 9.48. The predicted molar refractivity (Wildman–Crippen MR) is 64.5 cm³/mol. The van der Waals surface area contributed by atoms with Crippen molar-refractivity contribution in [3.63, 3.8) is 0 Å². The lowest BCUT2D eigenvalue weighted by Gasteiger charge is -2.30. The highest BCUT2D eigenvalue weighted by atomic mass is 35.5. The molecule has 16 heavy (non-hydrogen) atoms. The molecule has 1 saturated heterocycles. The summed E-state index contributed by atoms with van der Waals surface area (Å²) >= 11 is 5.94. The highest BCUT2D eigenvalue weighted by molar-refractivity contribution is 6.34. The Balaban J connectivity index is 2.38. The Bertz CT molecular complexity index is 400. The van der Waals surface area contributed by atoms with Crippen LogP contribution in [-0.4, -0.2) is 24.2 Å². The van der Waals surface area contributed by atoms with Gasteiger partial charge in [-0.05, 0) is 31.4 Å². The van der Waals surface area contributed by atoms with Crippen molar-refractivity contribution in [3.05, 3.63) is 28.8 Å². The smallest absolute Gasteiger partial charge is 0.339 e. The van der Waals surface area contributed by atoms with Crippen LogP contribution in [0.3, 0.4) is 0 Å². The SMILES string of the molecule is O=C(O)c1c(Cl)cccc1N1CCCCC1. The van der Waals surface area contributed by atoms with E-state index in [9.17, 15) is 4.79 Å². The number of halogens is 1. The Hall–Kier alpha value is -1.22. The Morgan fingerprint density at radius 1 is 1.25 bits per heavy atom. The summed E-state index contributed by atoms with van der Waals surface area (Å²) < 4.78 is 0. The third-order valence-electron chi connectivity index (χ3n) is 2.90. The minimum absolute atomic E-state index is 0.228. The van der Waals surface area contributed by atoms with Crippen LogP contribution in [0.5, 0.6) is 0 Å². The van der Waals surface area contributed by atoms with Crippen molar-refractivity contribution < 1.29 is 9.90 Å². The first kappa shape index (κ1) is 11.3. The fourth-order valence-electron chi connectivity index (χ4n) is 2.12. The van der Waals surface area contributed by atoms with Crippen LogP contribution >= 0.6 is 11.6 Å². The van der Waals surface area contributed by atoms with Gasteiger partial charge in [0, 0.05) is 13.1 Å². The predicted octanol–water partition coefficient (Wildman–Crippen LogP) is 3.03. The fraction of sp³-hybridized carbons (Fsp3) is 0.417. The summed E-state index contributed by atoms with van der Waals surface area (Å²) in [6, 6.07) is 5.26. The lowest BCUT2D eigenvalue weighted by Crippen LogP contribution is -2.30. The Kier molecular flexibility index (Phi) is 3.34. The van der Waals surface area contributed by atoms with Crippen molar-refractivity contribution in [1.29, 1.82) is 0 Å². The molecular weight excluding hydrogens is 226 g/mol. The topological polar surface area (TPSA) is 40.5 Å². The molecular formula is C12H14ClNO2. The molecule has 3 nitrogen and oxygen atoms in total. The maximum Gasteiger partial charge on any atom is 0.339 e. The molecule has 1 aromatic rings. The third-order valence-corrected chi connectivity index (χ3v) is 3.22. The van der Waals surface area contributed by atoms with Crippen LogP contribution in [0.25, 0.3) is 0 Å². The first-order valence-corrected chi connectivity index (χ1v) is 5.84. The summed E-state index contributed by atoms with van der Waals surface area (Å²) in [7, 11) is 0. The average molecular weight is 240 g/mol. The van der Waals surface area contributed by atoms with E-state index >= 15 is 0 Å². The van der Waals surface area contributed by atoms with Gasteiger partial charge in [-0.15, -0.1) is 0 Å². The molecule has 0 aliphatic carbocycles. The van der Waals surface area contributed by atoms with Crippen molar-refractivity contribution in [2.45, 2.75) is 19.3 Å². The molecule has 1 heterocycles. The van der Waals surface area contributed by atoms with E-state index in [4.69, 9.17) is 16.7 Å². The fourth-order valence-corrected chi connectivity index (χ4v) is 2.37. The van der Waals surface area contributed by atoms with E-state index in [1.807, 2.05) is 6.07 Å². The van der Waals surface area contributed by atoms with E-state index in [1.54, 1.807) is 12.1 Å². The largest absolute Gasteiger partial charge is 0.478 e. The van der Waals surface area contributed by atoms with E-state index in [0.717, 1.165) is 31.6 Å². The highest BCUT2D eigenvalue weighted by Crippen LogP contribution is 2.29. The first-order chi connectivity index (χ1) is 7.70. The van der Waals surface area contributed by atoms with E-state index in [2.05, 4.69) is 4.90 Å². The molecule has 4 heteroatoms. The summed E-state index contributed by atoms with van der Waals surface area (Å²) in [6.45, 7) is 1.83. The number of hydrogen-bond donors (Lipinski definition) is 1. The van der Waals surface area contributed by atoms with E-state index in [0.29, 0.717) is 5.02 Å². The maximum atomic E-state index is 11.2. The van der Waals surface area contributed by atoms with Gasteiger partial charge in [0.1, 0.15) is 5.56 Å². The van der Waals surface area contributed by atoms with Gasteiger partial charge in [-0.25, -0.2) is 4.79 Å². The van der Waals surface area contributed by atoms with Crippen LogP contribution in [0, 0.1) is 0 Å². The number of hydrogen-bond acceptors (Lipinski definition) is 2. The van der Waals surface area contributed by atoms with Gasteiger partial charge in [-0.1, -0.05) is 17.7 Å². The molecule has 0 radical (unpaired) electrons. The van der Waals surface area contributed by atoms with Gasteiger partial charge in [0.15, 0.2) is 0 Å². The number of benzene rings is 1. The van der Waals surface area contributed by atoms with E-state index in [-0.39, 0.29) is 5.56 Å². The molecule has 0 spiro atoms. The molecule has 1 N–H and O–H groups in total. The summed E-state index contributed by atoms with van der Waals surface area (Å²) in [6.07, 6.45) is 3.45. The van der Waals surface area contributed by atoms with Crippen LogP contribution in [-0.2, 0) is 0 Å². The second kappa shape index (κ2) is 4.74. The van der Waals surface area contributed by atoms with Crippen molar-refractivity contribution in [1.82, 2.24) is 0 Å². The molecule has 0 atom stereocenters. The monoisotopic (exact) mass is 239 g/mol. The Morgan fingerprint density at radius 3 is 2.56 bits per heavy atom. The molecule has 0 unspecified atom stereocenters. The number of rotatable bonds is 2. The molecule has 0 saturated carbocycles. The third kappa shape index (κ3) is 2.14. The molecule has 0 bridgehead atoms. The van der Waals surface area contributed by atoms with Crippen LogP contribution < -0.4 is 4.90 Å². The molecule has 1 aromatic carbocycles. The Morgan fingerprint density at radius 2 is 1.94 bits per heavy atom. The van der Waals surface area contributed by atoms with Crippen molar-refractivity contribution in [3.8, 4) is 0 Å². The zero-order valence-corrected chi connectivity index (χ0v) is 9.70. The van der Waals surface area contributed by atoms with Gasteiger partial charge < -0.3 is 10.0 Å². The van der Waals surface area contributed by atoms with Crippen molar-refractivity contribution in [2.75, 3.05) is 18.0 Å². The van der Waals surface area contributed by atoms with E-state index < -0.39 is 5.97 Å². The van der Waals surface area contributed by atoms with Gasteiger partial charge in [0.2, 0.25) is 0 Å². The standard InChI is InChI=1S/C12H14ClNO2/c13-9-5-4-6-10(11(9)12(15)16)14-7-2-1-3-8-14/h4-6H,1-3,7-8H2,(H,15,16). The molecule has 0 amide bonds. The number of aromatic carboxylic acids is 1. The molecule has 1 aliphatic heterocycles. The second-order valence-corrected chi connectivity index (χ2v) is 4.39. The zero-order chi connectivity index (χ0) is 11.5. The highest BCUT2D eigenvalue weighted by Gasteiger charge is 2.20. The van der Waals surface area contributed by atoms with Gasteiger partial charge in [-0.3, -0.25) is 0 Å². The minimum atomic E-state index is -0.953. The molecule has 0 aromatic heterocycles. The molecule has 1 aliphatic rings. The van der Waals surface area contributed by atoms with E-state index in [1.165, 1.54) is 6.42 Å². The summed E-state index contributed by atoms with van der Waals surface area (Å²) in [5.74, 6) is -0.953. The van der Waals surface area contributed by atoms with Crippen molar-refractivity contribution >= 4 is 23.3 Å². The first-order valence-electron chi connectivity index (χ1n) is 5.47. The lowest BCUT2D eigenvalue weighted by atomic mass is 10.1. The second-order valence-electron chi connectivity index (χ2n) is 3.99. The minimum Gasteiger partial charge on any atom is -0.478 e. The van der Waals surface area contributed by atoms with Crippen LogP contribution in [0.2, 0.25) is 5.02 Å². The van der Waals surface area contributed by atoms with Crippen molar-refractivity contribution in [2.24, 2.45) is 0 Å². The number of carboxylic acids is 1. The average Bonchev–Trinajstić information content (AvgIpc) is 2.29. The number of carbonyl (C=O) groups is 1. The normalized spacial score (nSPS) is 16.2. The number of nitrogens with zero attached hydrogens (tertiary/aromatic N) is 1. The summed E-state index contributed by atoms with van der Waals surface area (Å²) in [5.41, 5.74) is 0.978. The number of carboxylic acid groups (broad SMARTS) is 1. The lowest BCUT2D eigenvalue weighted by molar-refractivity contribution is 0.0697. The molecule has 1 fully saturated rings. The van der Waals surface area contributed by atoms with Crippen LogP contribution in [0.4, 0.5) is 5.69 Å².